The lowest BCUT2D eigenvalue weighted by molar-refractivity contribution is 0.209. The number of piperidine rings is 1. The van der Waals surface area contributed by atoms with Crippen LogP contribution in [0.1, 0.15) is 43.6 Å². The molecule has 3 rings (SSSR count). The molecule has 0 aliphatic carbocycles. The smallest absolute Gasteiger partial charge is 0.0456 e. The third kappa shape index (κ3) is 5.12. The number of fused-ring (bicyclic) bond motifs is 1. The molecule has 3 nitrogen and oxygen atoms in total. The number of H-pyrrole nitrogens is 1. The van der Waals surface area contributed by atoms with Crippen LogP contribution >= 0.6 is 24.8 Å². The molecule has 1 aromatic carbocycles. The molecule has 0 saturated carbocycles. The van der Waals surface area contributed by atoms with Gasteiger partial charge in [-0.25, -0.2) is 0 Å². The van der Waals surface area contributed by atoms with Gasteiger partial charge in [0.05, 0.1) is 0 Å². The van der Waals surface area contributed by atoms with Crippen LogP contribution in [0.25, 0.3) is 10.9 Å². The molecule has 0 bridgehead atoms. The van der Waals surface area contributed by atoms with Crippen LogP contribution in [0.15, 0.2) is 30.5 Å². The summed E-state index contributed by atoms with van der Waals surface area (Å²) in [4.78, 5) is 6.05. The minimum atomic E-state index is 0. The maximum absolute atomic E-state index is 5.55. The number of hydrogen-bond acceptors (Lipinski definition) is 2. The second kappa shape index (κ2) is 10.2. The molecule has 1 saturated heterocycles. The van der Waals surface area contributed by atoms with E-state index in [0.29, 0.717) is 0 Å². The number of rotatable bonds is 6. The fourth-order valence-electron chi connectivity index (χ4n) is 3.56. The molecule has 1 fully saturated rings. The third-order valence-corrected chi connectivity index (χ3v) is 4.83. The standard InChI is InChI=1S/C18H27N3.2ClH/c19-10-4-1-5-11-21-12-8-15(9-13-21)17-14-20-18-7-3-2-6-16(17)18;;/h2-3,6-7,14-15,20H,1,4-5,8-13,19H2;2*1H. The number of aromatic nitrogens is 1. The quantitative estimate of drug-likeness (QED) is 0.756. The van der Waals surface area contributed by atoms with Crippen molar-refractivity contribution in [1.82, 2.24) is 9.88 Å². The summed E-state index contributed by atoms with van der Waals surface area (Å²) in [5.41, 5.74) is 8.35. The first-order chi connectivity index (χ1) is 10.4. The first-order valence-corrected chi connectivity index (χ1v) is 8.37. The molecule has 2 heterocycles. The number of unbranched alkanes of at least 4 members (excludes halogenated alkanes) is 2. The largest absolute Gasteiger partial charge is 0.361 e. The van der Waals surface area contributed by atoms with Crippen LogP contribution in [-0.2, 0) is 0 Å². The number of halogens is 2. The lowest BCUT2D eigenvalue weighted by Gasteiger charge is -2.32. The van der Waals surface area contributed by atoms with Gasteiger partial charge in [-0.15, -0.1) is 24.8 Å². The van der Waals surface area contributed by atoms with Crippen LogP contribution in [0.5, 0.6) is 0 Å². The molecule has 1 aromatic heterocycles. The number of nitrogens with zero attached hydrogens (tertiary/aromatic N) is 1. The average molecular weight is 358 g/mol. The minimum Gasteiger partial charge on any atom is -0.361 e. The van der Waals surface area contributed by atoms with E-state index < -0.39 is 0 Å². The molecule has 0 atom stereocenters. The predicted octanol–water partition coefficient (Wildman–Crippen LogP) is 4.32. The molecule has 5 heteroatoms. The van der Waals surface area contributed by atoms with E-state index in [1.165, 1.54) is 68.2 Å². The van der Waals surface area contributed by atoms with Gasteiger partial charge in [-0.05, 0) is 69.4 Å². The third-order valence-electron chi connectivity index (χ3n) is 4.83. The highest BCUT2D eigenvalue weighted by molar-refractivity contribution is 5.85. The Morgan fingerprint density at radius 1 is 1.04 bits per heavy atom. The Labute approximate surface area is 151 Å². The molecule has 2 aromatic rings. The van der Waals surface area contributed by atoms with Crippen molar-refractivity contribution >= 4 is 35.7 Å². The van der Waals surface area contributed by atoms with Gasteiger partial charge in [-0.3, -0.25) is 0 Å². The number of aromatic amines is 1. The maximum atomic E-state index is 5.55. The molecule has 1 aliphatic heterocycles. The molecular weight excluding hydrogens is 329 g/mol. The minimum absolute atomic E-state index is 0. The summed E-state index contributed by atoms with van der Waals surface area (Å²) in [5, 5.41) is 1.42. The van der Waals surface area contributed by atoms with Gasteiger partial charge in [0.1, 0.15) is 0 Å². The summed E-state index contributed by atoms with van der Waals surface area (Å²) in [7, 11) is 0. The first kappa shape index (κ1) is 20.3. The van der Waals surface area contributed by atoms with E-state index in [1.807, 2.05) is 0 Å². The van der Waals surface area contributed by atoms with Crippen molar-refractivity contribution in [3.63, 3.8) is 0 Å². The van der Waals surface area contributed by atoms with Crippen LogP contribution in [0.3, 0.4) is 0 Å². The first-order valence-electron chi connectivity index (χ1n) is 8.37. The summed E-state index contributed by atoms with van der Waals surface area (Å²) in [5.74, 6) is 0.724. The molecule has 130 valence electrons. The van der Waals surface area contributed by atoms with Gasteiger partial charge in [0.2, 0.25) is 0 Å². The fourth-order valence-corrected chi connectivity index (χ4v) is 3.56. The van der Waals surface area contributed by atoms with Gasteiger partial charge in [-0.1, -0.05) is 24.6 Å². The second-order valence-electron chi connectivity index (χ2n) is 6.25. The highest BCUT2D eigenvalue weighted by Gasteiger charge is 2.22. The van der Waals surface area contributed by atoms with Crippen LogP contribution in [-0.4, -0.2) is 36.1 Å². The monoisotopic (exact) mass is 357 g/mol. The molecule has 23 heavy (non-hydrogen) atoms. The van der Waals surface area contributed by atoms with E-state index >= 15 is 0 Å². The number of likely N-dealkylation sites (tertiary alicyclic amines) is 1. The van der Waals surface area contributed by atoms with E-state index in [9.17, 15) is 0 Å². The summed E-state index contributed by atoms with van der Waals surface area (Å²) in [6.45, 7) is 4.57. The molecule has 0 radical (unpaired) electrons. The highest BCUT2D eigenvalue weighted by Crippen LogP contribution is 2.33. The number of para-hydroxylation sites is 1. The van der Waals surface area contributed by atoms with Crippen molar-refractivity contribution in [1.29, 1.82) is 0 Å². The Morgan fingerprint density at radius 3 is 2.52 bits per heavy atom. The zero-order chi connectivity index (χ0) is 14.5. The van der Waals surface area contributed by atoms with Gasteiger partial charge in [0, 0.05) is 17.1 Å². The molecule has 1 aliphatic rings. The summed E-state index contributed by atoms with van der Waals surface area (Å²) >= 11 is 0. The molecule has 3 N–H and O–H groups in total. The van der Waals surface area contributed by atoms with Gasteiger partial charge < -0.3 is 15.6 Å². The number of benzene rings is 1. The number of nitrogens with one attached hydrogen (secondary N) is 1. The maximum Gasteiger partial charge on any atom is 0.0456 e. The van der Waals surface area contributed by atoms with Crippen molar-refractivity contribution in [2.45, 2.75) is 38.0 Å². The SMILES string of the molecule is Cl.Cl.NCCCCCN1CCC(c2c[nH]c3ccccc23)CC1. The van der Waals surface area contributed by atoms with E-state index in [-0.39, 0.29) is 24.8 Å². The number of hydrogen-bond donors (Lipinski definition) is 2. The van der Waals surface area contributed by atoms with Crippen molar-refractivity contribution < 1.29 is 0 Å². The van der Waals surface area contributed by atoms with Gasteiger partial charge in [0.15, 0.2) is 0 Å². The zero-order valence-electron chi connectivity index (χ0n) is 13.7. The van der Waals surface area contributed by atoms with Crippen molar-refractivity contribution in [3.05, 3.63) is 36.0 Å². The van der Waals surface area contributed by atoms with Crippen LogP contribution in [0.2, 0.25) is 0 Å². The predicted molar refractivity (Wildman–Crippen MR) is 104 cm³/mol. The second-order valence-corrected chi connectivity index (χ2v) is 6.25. The highest BCUT2D eigenvalue weighted by atomic mass is 35.5. The van der Waals surface area contributed by atoms with E-state index in [0.717, 1.165) is 12.5 Å². The fraction of sp³-hybridized carbons (Fsp3) is 0.556. The van der Waals surface area contributed by atoms with Crippen molar-refractivity contribution in [2.75, 3.05) is 26.2 Å². The molecular formula is C18H29Cl2N3. The van der Waals surface area contributed by atoms with Gasteiger partial charge in [-0.2, -0.15) is 0 Å². The summed E-state index contributed by atoms with van der Waals surface area (Å²) in [6.07, 6.45) is 8.56. The molecule has 0 unspecified atom stereocenters. The van der Waals surface area contributed by atoms with Gasteiger partial charge >= 0.3 is 0 Å². The lowest BCUT2D eigenvalue weighted by Crippen LogP contribution is -2.33. The lowest BCUT2D eigenvalue weighted by atomic mass is 9.89. The Kier molecular flexibility index (Phi) is 9.00. The van der Waals surface area contributed by atoms with Gasteiger partial charge in [0.25, 0.3) is 0 Å². The summed E-state index contributed by atoms with van der Waals surface area (Å²) < 4.78 is 0. The van der Waals surface area contributed by atoms with Crippen molar-refractivity contribution in [3.8, 4) is 0 Å². The van der Waals surface area contributed by atoms with E-state index in [4.69, 9.17) is 5.73 Å². The normalized spacial score (nSPS) is 16.0. The van der Waals surface area contributed by atoms with E-state index in [2.05, 4.69) is 40.3 Å². The topological polar surface area (TPSA) is 45.0 Å². The number of nitrogens with two attached hydrogens (primary N) is 1. The zero-order valence-corrected chi connectivity index (χ0v) is 15.3. The van der Waals surface area contributed by atoms with E-state index in [1.54, 1.807) is 0 Å². The Balaban J connectivity index is 0.00000132. The van der Waals surface area contributed by atoms with Crippen LogP contribution in [0.4, 0.5) is 0 Å². The Bertz CT molecular complexity index is 562. The van der Waals surface area contributed by atoms with Crippen LogP contribution in [0, 0.1) is 0 Å². The van der Waals surface area contributed by atoms with Crippen LogP contribution < -0.4 is 5.73 Å². The summed E-state index contributed by atoms with van der Waals surface area (Å²) in [6, 6.07) is 8.67. The Morgan fingerprint density at radius 2 is 1.78 bits per heavy atom. The molecule has 0 amide bonds. The van der Waals surface area contributed by atoms with Crippen molar-refractivity contribution in [2.24, 2.45) is 5.73 Å². The Hall–Kier alpha value is -0.740. The average Bonchev–Trinajstić information content (AvgIpc) is 2.96. The molecule has 0 spiro atoms.